The van der Waals surface area contributed by atoms with E-state index in [2.05, 4.69) is 16.4 Å². The minimum Gasteiger partial charge on any atom is -0.492 e. The van der Waals surface area contributed by atoms with Gasteiger partial charge >= 0.3 is 0 Å². The van der Waals surface area contributed by atoms with Crippen LogP contribution in [0.4, 0.5) is 0 Å². The Hall–Kier alpha value is -3.19. The maximum atomic E-state index is 13.4. The quantitative estimate of drug-likeness (QED) is 0.612. The Morgan fingerprint density at radius 1 is 1.21 bits per heavy atom. The summed E-state index contributed by atoms with van der Waals surface area (Å²) in [6.45, 7) is 5.70. The fourth-order valence-corrected chi connectivity index (χ4v) is 5.39. The van der Waals surface area contributed by atoms with Crippen LogP contribution in [0.3, 0.4) is 0 Å². The number of carbonyl (C=O) groups is 2. The first kappa shape index (κ1) is 21.6. The number of aromatic nitrogens is 1. The van der Waals surface area contributed by atoms with Crippen LogP contribution in [-0.4, -0.2) is 47.4 Å². The summed E-state index contributed by atoms with van der Waals surface area (Å²) in [5.41, 5.74) is 4.32. The van der Waals surface area contributed by atoms with Crippen molar-refractivity contribution in [3.63, 3.8) is 0 Å². The van der Waals surface area contributed by atoms with Crippen LogP contribution < -0.4 is 10.1 Å². The van der Waals surface area contributed by atoms with E-state index in [1.165, 1.54) is 0 Å². The summed E-state index contributed by atoms with van der Waals surface area (Å²) in [6.07, 6.45) is 2.76. The second kappa shape index (κ2) is 8.98. The number of likely N-dealkylation sites (tertiary alicyclic amines) is 1. The van der Waals surface area contributed by atoms with Gasteiger partial charge in [-0.2, -0.15) is 0 Å². The van der Waals surface area contributed by atoms with E-state index in [0.29, 0.717) is 36.7 Å². The van der Waals surface area contributed by atoms with Crippen molar-refractivity contribution in [3.8, 4) is 16.2 Å². The molecule has 2 aliphatic rings. The molecular formula is C26H27N3O3S. The molecular weight excluding hydrogens is 434 g/mol. The molecule has 1 aromatic heterocycles. The van der Waals surface area contributed by atoms with Gasteiger partial charge in [0.25, 0.3) is 11.8 Å². The lowest BCUT2D eigenvalue weighted by Gasteiger charge is -2.40. The second-order valence-corrected chi connectivity index (χ2v) is 9.88. The minimum atomic E-state index is -0.155. The van der Waals surface area contributed by atoms with Gasteiger partial charge in [0.15, 0.2) is 0 Å². The highest BCUT2D eigenvalue weighted by atomic mass is 32.1. The molecule has 7 heteroatoms. The van der Waals surface area contributed by atoms with Crippen molar-refractivity contribution in [2.45, 2.75) is 39.2 Å². The summed E-state index contributed by atoms with van der Waals surface area (Å²) >= 11 is 1.54. The molecule has 2 aliphatic heterocycles. The van der Waals surface area contributed by atoms with Crippen LogP contribution in [-0.2, 0) is 6.42 Å². The Kier molecular flexibility index (Phi) is 5.89. The molecule has 1 N–H and O–H groups in total. The van der Waals surface area contributed by atoms with Gasteiger partial charge in [0.1, 0.15) is 11.4 Å². The van der Waals surface area contributed by atoms with Gasteiger partial charge in [-0.1, -0.05) is 42.0 Å². The minimum absolute atomic E-state index is 0.0331. The van der Waals surface area contributed by atoms with Crippen LogP contribution >= 0.6 is 11.3 Å². The molecule has 0 bridgehead atoms. The van der Waals surface area contributed by atoms with Crippen molar-refractivity contribution in [2.24, 2.45) is 0 Å². The van der Waals surface area contributed by atoms with Crippen LogP contribution in [0, 0.1) is 13.8 Å². The third-order valence-electron chi connectivity index (χ3n) is 6.30. The number of benzene rings is 2. The zero-order valence-electron chi connectivity index (χ0n) is 18.9. The predicted molar refractivity (Wildman–Crippen MR) is 129 cm³/mol. The summed E-state index contributed by atoms with van der Waals surface area (Å²) in [5.74, 6) is 0.475. The Morgan fingerprint density at radius 2 is 2.06 bits per heavy atom. The molecule has 33 heavy (non-hydrogen) atoms. The van der Waals surface area contributed by atoms with Crippen LogP contribution in [0.15, 0.2) is 42.5 Å². The Labute approximate surface area is 197 Å². The lowest BCUT2D eigenvalue weighted by Crippen LogP contribution is -2.56. The molecule has 3 aromatic rings. The number of carbonyl (C=O) groups excluding carboxylic acids is 2. The number of hydrogen-bond donors (Lipinski definition) is 1. The van der Waals surface area contributed by atoms with Crippen molar-refractivity contribution in [1.29, 1.82) is 0 Å². The molecule has 5 rings (SSSR count). The van der Waals surface area contributed by atoms with E-state index < -0.39 is 0 Å². The van der Waals surface area contributed by atoms with E-state index in [9.17, 15) is 9.59 Å². The second-order valence-electron chi connectivity index (χ2n) is 8.68. The number of amides is 2. The average molecular weight is 462 g/mol. The summed E-state index contributed by atoms with van der Waals surface area (Å²) in [5, 5.41) is 3.89. The van der Waals surface area contributed by atoms with Gasteiger partial charge in [0.05, 0.1) is 28.1 Å². The standard InChI is InChI=1S/C26H27N3O3S/c1-16-6-3-8-19(14-16)24-22(28-17(2)33-24)26(31)29-12-11-20(29)15-27-25(30)21-10-4-7-18-9-5-13-32-23(18)21/h3-4,6-8,10,14,20H,5,9,11-13,15H2,1-2H3,(H,27,30)/t20-/m0/s1. The molecule has 0 aliphatic carbocycles. The van der Waals surface area contributed by atoms with Crippen molar-refractivity contribution in [1.82, 2.24) is 15.2 Å². The molecule has 0 spiro atoms. The zero-order chi connectivity index (χ0) is 22.9. The number of hydrogen-bond acceptors (Lipinski definition) is 5. The molecule has 0 unspecified atom stereocenters. The summed E-state index contributed by atoms with van der Waals surface area (Å²) in [4.78, 5) is 33.5. The third kappa shape index (κ3) is 4.25. The number of para-hydroxylation sites is 1. The lowest BCUT2D eigenvalue weighted by atomic mass is 10.00. The average Bonchev–Trinajstić information content (AvgIpc) is 3.20. The smallest absolute Gasteiger partial charge is 0.274 e. The van der Waals surface area contributed by atoms with Gasteiger partial charge in [0, 0.05) is 13.1 Å². The lowest BCUT2D eigenvalue weighted by molar-refractivity contribution is 0.0451. The van der Waals surface area contributed by atoms with Crippen LogP contribution in [0.2, 0.25) is 0 Å². The topological polar surface area (TPSA) is 71.5 Å². The molecule has 1 fully saturated rings. The SMILES string of the molecule is Cc1cccc(-c2sc(C)nc2C(=O)N2CC[C@H]2CNC(=O)c2cccc3c2OCCC3)c1. The van der Waals surface area contributed by atoms with Crippen LogP contribution in [0.25, 0.3) is 10.4 Å². The first-order chi connectivity index (χ1) is 16.0. The van der Waals surface area contributed by atoms with Gasteiger partial charge in [-0.15, -0.1) is 11.3 Å². The molecule has 1 saturated heterocycles. The van der Waals surface area contributed by atoms with E-state index in [1.807, 2.05) is 49.1 Å². The highest BCUT2D eigenvalue weighted by Gasteiger charge is 2.35. The highest BCUT2D eigenvalue weighted by Crippen LogP contribution is 2.33. The van der Waals surface area contributed by atoms with Gasteiger partial charge < -0.3 is 15.0 Å². The predicted octanol–water partition coefficient (Wildman–Crippen LogP) is 4.40. The largest absolute Gasteiger partial charge is 0.492 e. The number of aryl methyl sites for hydroxylation is 3. The molecule has 0 saturated carbocycles. The number of fused-ring (bicyclic) bond motifs is 1. The van der Waals surface area contributed by atoms with E-state index in [4.69, 9.17) is 4.74 Å². The maximum Gasteiger partial charge on any atom is 0.274 e. The monoisotopic (exact) mass is 461 g/mol. The Morgan fingerprint density at radius 3 is 2.85 bits per heavy atom. The molecule has 6 nitrogen and oxygen atoms in total. The van der Waals surface area contributed by atoms with Gasteiger partial charge in [0.2, 0.25) is 0 Å². The fraction of sp³-hybridized carbons (Fsp3) is 0.346. The zero-order valence-corrected chi connectivity index (χ0v) is 19.7. The molecule has 3 heterocycles. The molecule has 2 amide bonds. The Bertz CT molecular complexity index is 1220. The summed E-state index contributed by atoms with van der Waals surface area (Å²) in [7, 11) is 0. The normalized spacial score (nSPS) is 17.0. The van der Waals surface area contributed by atoms with Crippen molar-refractivity contribution >= 4 is 23.2 Å². The van der Waals surface area contributed by atoms with E-state index in [1.54, 1.807) is 17.4 Å². The van der Waals surface area contributed by atoms with E-state index in [-0.39, 0.29) is 17.9 Å². The van der Waals surface area contributed by atoms with E-state index >= 15 is 0 Å². The number of thiazole rings is 1. The summed E-state index contributed by atoms with van der Waals surface area (Å²) in [6, 6.07) is 13.8. The van der Waals surface area contributed by atoms with Crippen LogP contribution in [0.1, 0.15) is 49.8 Å². The van der Waals surface area contributed by atoms with Crippen molar-refractivity contribution in [2.75, 3.05) is 19.7 Å². The fourth-order valence-electron chi connectivity index (χ4n) is 4.48. The van der Waals surface area contributed by atoms with Gasteiger partial charge in [-0.05, 0) is 50.3 Å². The number of nitrogens with one attached hydrogen (secondary N) is 1. The number of rotatable bonds is 5. The molecule has 1 atom stereocenters. The van der Waals surface area contributed by atoms with Gasteiger partial charge in [-0.25, -0.2) is 4.98 Å². The van der Waals surface area contributed by atoms with E-state index in [0.717, 1.165) is 45.8 Å². The first-order valence-corrected chi connectivity index (χ1v) is 12.2. The molecule has 2 aromatic carbocycles. The first-order valence-electron chi connectivity index (χ1n) is 11.4. The molecule has 0 radical (unpaired) electrons. The molecule has 170 valence electrons. The maximum absolute atomic E-state index is 13.4. The van der Waals surface area contributed by atoms with Crippen molar-refractivity contribution in [3.05, 3.63) is 69.9 Å². The number of nitrogens with zero attached hydrogens (tertiary/aromatic N) is 2. The highest BCUT2D eigenvalue weighted by molar-refractivity contribution is 7.15. The Balaban J connectivity index is 1.28. The van der Waals surface area contributed by atoms with Gasteiger partial charge in [-0.3, -0.25) is 9.59 Å². The number of ether oxygens (including phenoxy) is 1. The summed E-state index contributed by atoms with van der Waals surface area (Å²) < 4.78 is 5.77. The third-order valence-corrected chi connectivity index (χ3v) is 7.32. The van der Waals surface area contributed by atoms with Crippen molar-refractivity contribution < 1.29 is 14.3 Å². The van der Waals surface area contributed by atoms with Crippen LogP contribution in [0.5, 0.6) is 5.75 Å².